The minimum Gasteiger partial charge on any atom is -0.309 e. The van der Waals surface area contributed by atoms with Crippen molar-refractivity contribution < 1.29 is 0 Å². The molecule has 0 aliphatic heterocycles. The van der Waals surface area contributed by atoms with Gasteiger partial charge in [0.05, 0.1) is 33.1 Å². The Hall–Kier alpha value is -7.40. The lowest BCUT2D eigenvalue weighted by Gasteiger charge is -2.10. The molecule has 13 rings (SSSR count). The molecule has 0 amide bonds. The summed E-state index contributed by atoms with van der Waals surface area (Å²) >= 11 is 1.87. The summed E-state index contributed by atoms with van der Waals surface area (Å²) in [6, 6.07) is 73.7. The first-order valence-electron chi connectivity index (χ1n) is 19.8. The van der Waals surface area contributed by atoms with Crippen LogP contribution in [0.15, 0.2) is 200 Å². The van der Waals surface area contributed by atoms with Crippen molar-refractivity contribution in [2.45, 2.75) is 0 Å². The molecular weight excluding hydrogens is 723 g/mol. The minimum absolute atomic E-state index is 1.17. The SMILES string of the molecule is c1ccc(-n2c3ccccc3c3cc(-c4ccc5c(c4)c4ccccc4n5-c4ccc5sc6ccc(-n7c8ccccc8c8ccccc87)cc6c5c4)ccc32)cc1. The van der Waals surface area contributed by atoms with Crippen molar-refractivity contribution in [3.63, 3.8) is 0 Å². The monoisotopic (exact) mass is 755 g/mol. The van der Waals surface area contributed by atoms with Gasteiger partial charge in [-0.1, -0.05) is 103 Å². The highest BCUT2D eigenvalue weighted by atomic mass is 32.1. The zero-order valence-corrected chi connectivity index (χ0v) is 32.1. The van der Waals surface area contributed by atoms with Crippen LogP contribution in [0.25, 0.3) is 114 Å². The van der Waals surface area contributed by atoms with E-state index < -0.39 is 0 Å². The lowest BCUT2D eigenvalue weighted by atomic mass is 10.0. The van der Waals surface area contributed by atoms with E-state index >= 15 is 0 Å². The highest BCUT2D eigenvalue weighted by molar-refractivity contribution is 7.25. The Bertz CT molecular complexity index is 3750. The maximum Gasteiger partial charge on any atom is 0.0541 e. The van der Waals surface area contributed by atoms with E-state index in [0.29, 0.717) is 0 Å². The standard InChI is InChI=1S/C54H33N3S/c1-2-12-36(13-3-1)55-49-20-10-6-16-41(49)43-30-34(22-26-51(43)55)35-23-27-52-44(31-35)42-17-7-11-21-50(42)57(52)38-25-29-54-46(33-38)45-32-37(24-28-53(45)58-54)56-47-18-8-4-14-39(47)40-15-5-9-19-48(40)56/h1-33H. The van der Waals surface area contributed by atoms with Crippen LogP contribution in [0.5, 0.6) is 0 Å². The average Bonchev–Trinajstić information content (AvgIpc) is 4.02. The minimum atomic E-state index is 1.17. The topological polar surface area (TPSA) is 14.8 Å². The zero-order chi connectivity index (χ0) is 37.9. The van der Waals surface area contributed by atoms with Crippen molar-refractivity contribution >= 4 is 96.9 Å². The summed E-state index contributed by atoms with van der Waals surface area (Å²) < 4.78 is 9.84. The van der Waals surface area contributed by atoms with Crippen LogP contribution in [-0.2, 0) is 0 Å². The van der Waals surface area contributed by atoms with E-state index in [0.717, 1.165) is 0 Å². The van der Waals surface area contributed by atoms with Gasteiger partial charge < -0.3 is 13.7 Å². The van der Waals surface area contributed by atoms with Crippen molar-refractivity contribution in [3.05, 3.63) is 200 Å². The summed E-state index contributed by atoms with van der Waals surface area (Å²) in [5.41, 5.74) is 13.3. The van der Waals surface area contributed by atoms with Gasteiger partial charge >= 0.3 is 0 Å². The van der Waals surface area contributed by atoms with Crippen molar-refractivity contribution in [2.24, 2.45) is 0 Å². The summed E-state index contributed by atoms with van der Waals surface area (Å²) in [7, 11) is 0. The van der Waals surface area contributed by atoms with Crippen LogP contribution in [0.4, 0.5) is 0 Å². The van der Waals surface area contributed by atoms with Gasteiger partial charge in [0.15, 0.2) is 0 Å². The molecule has 0 aliphatic rings. The molecular formula is C54H33N3S. The number of hydrogen-bond acceptors (Lipinski definition) is 1. The van der Waals surface area contributed by atoms with Gasteiger partial charge in [0.2, 0.25) is 0 Å². The smallest absolute Gasteiger partial charge is 0.0541 e. The Kier molecular flexibility index (Phi) is 6.60. The third-order valence-corrected chi connectivity index (χ3v) is 13.4. The fourth-order valence-corrected chi connectivity index (χ4v) is 10.7. The third kappa shape index (κ3) is 4.49. The first-order chi connectivity index (χ1) is 28.8. The van der Waals surface area contributed by atoms with Gasteiger partial charge in [-0.2, -0.15) is 0 Å². The van der Waals surface area contributed by atoms with Gasteiger partial charge in [-0.15, -0.1) is 11.3 Å². The number of hydrogen-bond donors (Lipinski definition) is 0. The molecule has 3 nitrogen and oxygen atoms in total. The van der Waals surface area contributed by atoms with Crippen LogP contribution in [0.3, 0.4) is 0 Å². The normalized spacial score (nSPS) is 12.1. The van der Waals surface area contributed by atoms with Gasteiger partial charge in [0.25, 0.3) is 0 Å². The number of fused-ring (bicyclic) bond motifs is 12. The van der Waals surface area contributed by atoms with Crippen molar-refractivity contribution in [3.8, 4) is 28.2 Å². The van der Waals surface area contributed by atoms with E-state index in [-0.39, 0.29) is 0 Å². The Labute approximate surface area is 337 Å². The van der Waals surface area contributed by atoms with Gasteiger partial charge in [-0.05, 0) is 108 Å². The summed E-state index contributed by atoms with van der Waals surface area (Å²) in [4.78, 5) is 0. The highest BCUT2D eigenvalue weighted by Gasteiger charge is 2.18. The number of rotatable bonds is 4. The molecule has 0 bridgehead atoms. The number of thiophene rings is 1. The fourth-order valence-electron chi connectivity index (χ4n) is 9.67. The van der Waals surface area contributed by atoms with Gasteiger partial charge in [-0.25, -0.2) is 0 Å². The van der Waals surface area contributed by atoms with Crippen LogP contribution in [0.1, 0.15) is 0 Å². The molecule has 0 N–H and O–H groups in total. The zero-order valence-electron chi connectivity index (χ0n) is 31.3. The molecule has 4 aromatic heterocycles. The maximum atomic E-state index is 2.45. The molecule has 0 aliphatic carbocycles. The number of benzene rings is 9. The molecule has 0 saturated heterocycles. The van der Waals surface area contributed by atoms with E-state index in [2.05, 4.69) is 214 Å². The average molecular weight is 756 g/mol. The molecule has 0 spiro atoms. The molecule has 58 heavy (non-hydrogen) atoms. The molecule has 0 unspecified atom stereocenters. The second kappa shape index (κ2) is 12.1. The lowest BCUT2D eigenvalue weighted by molar-refractivity contribution is 1.18. The van der Waals surface area contributed by atoms with Crippen molar-refractivity contribution in [1.82, 2.24) is 13.7 Å². The molecule has 13 aromatic rings. The molecule has 270 valence electrons. The second-order valence-corrected chi connectivity index (χ2v) is 16.4. The van der Waals surface area contributed by atoms with Crippen LogP contribution >= 0.6 is 11.3 Å². The Morgan fingerprint density at radius 1 is 0.241 bits per heavy atom. The second-order valence-electron chi connectivity index (χ2n) is 15.3. The molecule has 4 heterocycles. The molecule has 0 fully saturated rings. The number of para-hydroxylation sites is 5. The van der Waals surface area contributed by atoms with Crippen LogP contribution < -0.4 is 0 Å². The molecule has 0 radical (unpaired) electrons. The number of nitrogens with zero attached hydrogens (tertiary/aromatic N) is 3. The van der Waals surface area contributed by atoms with E-state index in [4.69, 9.17) is 0 Å². The van der Waals surface area contributed by atoms with Gasteiger partial charge in [0.1, 0.15) is 0 Å². The van der Waals surface area contributed by atoms with Crippen LogP contribution in [-0.4, -0.2) is 13.7 Å². The first kappa shape index (κ1) is 31.8. The van der Waals surface area contributed by atoms with E-state index in [1.54, 1.807) is 0 Å². The van der Waals surface area contributed by atoms with Crippen molar-refractivity contribution in [1.29, 1.82) is 0 Å². The predicted octanol–water partition coefficient (Wildman–Crippen LogP) is 15.0. The number of aromatic nitrogens is 3. The molecule has 0 saturated carbocycles. The van der Waals surface area contributed by atoms with Crippen LogP contribution in [0, 0.1) is 0 Å². The summed E-state index contributed by atoms with van der Waals surface area (Å²) in [6.45, 7) is 0. The van der Waals surface area contributed by atoms with Gasteiger partial charge in [-0.3, -0.25) is 0 Å². The fraction of sp³-hybridized carbons (Fsp3) is 0. The molecule has 9 aromatic carbocycles. The van der Waals surface area contributed by atoms with E-state index in [1.807, 2.05) is 11.3 Å². The van der Waals surface area contributed by atoms with Gasteiger partial charge in [0, 0.05) is 69.6 Å². The maximum absolute atomic E-state index is 2.45. The molecule has 0 atom stereocenters. The Morgan fingerprint density at radius 3 is 1.05 bits per heavy atom. The van der Waals surface area contributed by atoms with E-state index in [1.165, 1.54) is 114 Å². The lowest BCUT2D eigenvalue weighted by Crippen LogP contribution is -1.94. The summed E-state index contributed by atoms with van der Waals surface area (Å²) in [5.74, 6) is 0. The quantitative estimate of drug-likeness (QED) is 0.170. The van der Waals surface area contributed by atoms with Crippen molar-refractivity contribution in [2.75, 3.05) is 0 Å². The largest absolute Gasteiger partial charge is 0.309 e. The summed E-state index contributed by atoms with van der Waals surface area (Å²) in [6.07, 6.45) is 0. The highest BCUT2D eigenvalue weighted by Crippen LogP contribution is 2.42. The predicted molar refractivity (Wildman–Crippen MR) is 248 cm³/mol. The Morgan fingerprint density at radius 2 is 0.603 bits per heavy atom. The Balaban J connectivity index is 0.971. The third-order valence-electron chi connectivity index (χ3n) is 12.2. The van der Waals surface area contributed by atoms with E-state index in [9.17, 15) is 0 Å². The molecule has 4 heteroatoms. The van der Waals surface area contributed by atoms with Crippen LogP contribution in [0.2, 0.25) is 0 Å². The summed E-state index contributed by atoms with van der Waals surface area (Å²) in [5, 5.41) is 10.2. The first-order valence-corrected chi connectivity index (χ1v) is 20.7.